The Bertz CT molecular complexity index is 446. The maximum atomic E-state index is 10.2. The Morgan fingerprint density at radius 3 is 1.83 bits per heavy atom. The van der Waals surface area contributed by atoms with Crippen molar-refractivity contribution in [3.63, 3.8) is 0 Å². The predicted molar refractivity (Wildman–Crippen MR) is 133 cm³/mol. The quantitative estimate of drug-likeness (QED) is 0.121. The van der Waals surface area contributed by atoms with Gasteiger partial charge in [0.05, 0.1) is 12.8 Å². The molecule has 0 fully saturated rings. The van der Waals surface area contributed by atoms with Crippen LogP contribution in [0.4, 0.5) is 0 Å². The van der Waals surface area contributed by atoms with Crippen LogP contribution in [-0.4, -0.2) is 41.3 Å². The number of nitrogens with zero attached hydrogens (tertiary/aromatic N) is 2. The maximum absolute atomic E-state index is 10.2. The minimum Gasteiger partial charge on any atom is -0.345 e. The fraction of sp³-hybridized carbons (Fsp3) is 0.889. The van der Waals surface area contributed by atoms with Crippen LogP contribution in [0.15, 0.2) is 17.1 Å². The van der Waals surface area contributed by atoms with Gasteiger partial charge in [-0.1, -0.05) is 89.7 Å². The van der Waals surface area contributed by atoms with Crippen LogP contribution in [0.3, 0.4) is 0 Å². The molecule has 1 rings (SSSR count). The van der Waals surface area contributed by atoms with E-state index in [1.54, 1.807) is 0 Å². The van der Waals surface area contributed by atoms with Gasteiger partial charge in [-0.2, -0.15) is 0 Å². The van der Waals surface area contributed by atoms with Gasteiger partial charge in [0.2, 0.25) is 0 Å². The van der Waals surface area contributed by atoms with Crippen LogP contribution in [0.25, 0.3) is 0 Å². The Morgan fingerprint density at radius 2 is 1.33 bits per heavy atom. The Labute approximate surface area is 188 Å². The molecule has 0 radical (unpaired) electrons. The average molecular weight is 422 g/mol. The molecule has 1 aliphatic rings. The Hall–Kier alpha value is -0.670. The minimum atomic E-state index is -0.311. The van der Waals surface area contributed by atoms with E-state index in [0.29, 0.717) is 0 Å². The predicted octanol–water partition coefficient (Wildman–Crippen LogP) is 7.78. The van der Waals surface area contributed by atoms with Crippen LogP contribution in [0.5, 0.6) is 0 Å². The zero-order chi connectivity index (χ0) is 21.9. The SMILES string of the molecule is CCCCC/C=C/CCCCCCCCCCCCCC1N=CC[N+]1(CC)C(C)O. The van der Waals surface area contributed by atoms with Crippen LogP contribution in [-0.2, 0) is 0 Å². The van der Waals surface area contributed by atoms with E-state index in [0.717, 1.165) is 24.0 Å². The van der Waals surface area contributed by atoms with Gasteiger partial charge in [0.25, 0.3) is 0 Å². The van der Waals surface area contributed by atoms with Crippen molar-refractivity contribution >= 4 is 6.21 Å². The summed E-state index contributed by atoms with van der Waals surface area (Å²) < 4.78 is 0.745. The molecule has 3 unspecified atom stereocenters. The fourth-order valence-electron chi connectivity index (χ4n) is 4.84. The van der Waals surface area contributed by atoms with E-state index in [1.807, 2.05) is 13.1 Å². The number of hydrogen-bond acceptors (Lipinski definition) is 2. The highest BCUT2D eigenvalue weighted by Crippen LogP contribution is 2.26. The first-order chi connectivity index (χ1) is 14.7. The summed E-state index contributed by atoms with van der Waals surface area (Å²) in [4.78, 5) is 4.68. The number of aliphatic hydroxyl groups excluding tert-OH is 1. The van der Waals surface area contributed by atoms with Crippen molar-refractivity contribution in [3.8, 4) is 0 Å². The summed E-state index contributed by atoms with van der Waals surface area (Å²) in [5, 5.41) is 10.2. The highest BCUT2D eigenvalue weighted by Gasteiger charge is 2.41. The first-order valence-corrected chi connectivity index (χ1v) is 13.4. The largest absolute Gasteiger partial charge is 0.345 e. The van der Waals surface area contributed by atoms with E-state index in [-0.39, 0.29) is 12.4 Å². The number of aliphatic imine (C=N–C) groups is 1. The number of unbranched alkanes of at least 4 members (excludes halogenated alkanes) is 14. The van der Waals surface area contributed by atoms with Gasteiger partial charge in [0.15, 0.2) is 12.4 Å². The first-order valence-electron chi connectivity index (χ1n) is 13.4. The Balaban J connectivity index is 1.85. The van der Waals surface area contributed by atoms with Crippen LogP contribution in [0.1, 0.15) is 130 Å². The fourth-order valence-corrected chi connectivity index (χ4v) is 4.84. The van der Waals surface area contributed by atoms with E-state index in [9.17, 15) is 5.11 Å². The monoisotopic (exact) mass is 421 g/mol. The van der Waals surface area contributed by atoms with Crippen molar-refractivity contribution in [2.75, 3.05) is 13.1 Å². The summed E-state index contributed by atoms with van der Waals surface area (Å²) in [5.41, 5.74) is 0. The molecule has 0 aromatic carbocycles. The number of quaternary nitrogens is 1. The minimum absolute atomic E-state index is 0.284. The lowest BCUT2D eigenvalue weighted by Gasteiger charge is -2.40. The lowest BCUT2D eigenvalue weighted by Crippen LogP contribution is -2.57. The van der Waals surface area contributed by atoms with Crippen LogP contribution in [0, 0.1) is 0 Å². The molecular formula is C27H53N2O+. The van der Waals surface area contributed by atoms with Crippen molar-refractivity contribution in [3.05, 3.63) is 12.2 Å². The third-order valence-corrected chi connectivity index (χ3v) is 7.10. The maximum Gasteiger partial charge on any atom is 0.189 e. The second-order valence-corrected chi connectivity index (χ2v) is 9.48. The van der Waals surface area contributed by atoms with Crippen molar-refractivity contribution in [2.24, 2.45) is 4.99 Å². The number of aliphatic hydroxyl groups is 1. The van der Waals surface area contributed by atoms with Crippen LogP contribution < -0.4 is 0 Å². The molecule has 0 aromatic heterocycles. The zero-order valence-electron chi connectivity index (χ0n) is 20.7. The van der Waals surface area contributed by atoms with Crippen molar-refractivity contribution in [2.45, 2.75) is 142 Å². The lowest BCUT2D eigenvalue weighted by atomic mass is 10.0. The van der Waals surface area contributed by atoms with E-state index < -0.39 is 0 Å². The van der Waals surface area contributed by atoms with Crippen molar-refractivity contribution in [1.82, 2.24) is 0 Å². The third-order valence-electron chi connectivity index (χ3n) is 7.10. The second-order valence-electron chi connectivity index (χ2n) is 9.48. The summed E-state index contributed by atoms with van der Waals surface area (Å²) in [5.74, 6) is 0. The van der Waals surface area contributed by atoms with Gasteiger partial charge < -0.3 is 5.11 Å². The molecule has 176 valence electrons. The molecule has 3 nitrogen and oxygen atoms in total. The van der Waals surface area contributed by atoms with E-state index in [2.05, 4.69) is 31.0 Å². The molecule has 0 saturated carbocycles. The summed E-state index contributed by atoms with van der Waals surface area (Å²) in [6.07, 6.45) is 29.8. The van der Waals surface area contributed by atoms with Gasteiger partial charge in [0.1, 0.15) is 6.54 Å². The topological polar surface area (TPSA) is 32.6 Å². The van der Waals surface area contributed by atoms with Crippen molar-refractivity contribution < 1.29 is 9.59 Å². The van der Waals surface area contributed by atoms with Gasteiger partial charge in [-0.05, 0) is 39.0 Å². The van der Waals surface area contributed by atoms with E-state index in [1.165, 1.54) is 103 Å². The number of hydrogen-bond donors (Lipinski definition) is 1. The number of rotatable bonds is 20. The van der Waals surface area contributed by atoms with E-state index in [4.69, 9.17) is 0 Å². The molecule has 0 aliphatic carbocycles. The highest BCUT2D eigenvalue weighted by molar-refractivity contribution is 5.60. The smallest absolute Gasteiger partial charge is 0.189 e. The van der Waals surface area contributed by atoms with Gasteiger partial charge in [-0.3, -0.25) is 4.48 Å². The van der Waals surface area contributed by atoms with Crippen molar-refractivity contribution in [1.29, 1.82) is 0 Å². The molecule has 3 atom stereocenters. The summed E-state index contributed by atoms with van der Waals surface area (Å²) in [6, 6.07) is 0. The molecular weight excluding hydrogens is 368 g/mol. The average Bonchev–Trinajstić information content (AvgIpc) is 3.17. The summed E-state index contributed by atoms with van der Waals surface area (Å²) >= 11 is 0. The Morgan fingerprint density at radius 1 is 0.833 bits per heavy atom. The number of allylic oxidation sites excluding steroid dienone is 2. The molecule has 0 bridgehead atoms. The summed E-state index contributed by atoms with van der Waals surface area (Å²) in [7, 11) is 0. The normalized spacial score (nSPS) is 22.3. The standard InChI is InChI=1S/C27H53N2O/c1-4-6-7-8-9-10-11-12-13-14-15-16-17-18-19-20-21-22-23-27-28-24-25-29(27,5-2)26(3)30/h9-10,24,26-27,30H,4-8,11-23,25H2,1-3H3/q+1/b10-9+. The Kier molecular flexibility index (Phi) is 16.4. The van der Waals surface area contributed by atoms with Gasteiger partial charge in [-0.25, -0.2) is 4.99 Å². The molecule has 0 saturated heterocycles. The third kappa shape index (κ3) is 11.1. The first kappa shape index (κ1) is 27.4. The second kappa shape index (κ2) is 18.0. The molecule has 0 amide bonds. The van der Waals surface area contributed by atoms with Gasteiger partial charge in [-0.15, -0.1) is 0 Å². The van der Waals surface area contributed by atoms with Gasteiger partial charge in [0, 0.05) is 13.3 Å². The molecule has 3 heteroatoms. The molecule has 0 aromatic rings. The summed E-state index contributed by atoms with van der Waals surface area (Å²) in [6.45, 7) is 8.25. The lowest BCUT2D eigenvalue weighted by molar-refractivity contribution is -0.976. The van der Waals surface area contributed by atoms with E-state index >= 15 is 0 Å². The molecule has 30 heavy (non-hydrogen) atoms. The van der Waals surface area contributed by atoms with Gasteiger partial charge >= 0.3 is 0 Å². The molecule has 1 N–H and O–H groups in total. The van der Waals surface area contributed by atoms with Crippen LogP contribution in [0.2, 0.25) is 0 Å². The highest BCUT2D eigenvalue weighted by atomic mass is 16.3. The molecule has 1 heterocycles. The van der Waals surface area contributed by atoms with Crippen LogP contribution >= 0.6 is 0 Å². The zero-order valence-corrected chi connectivity index (χ0v) is 20.7. The molecule has 1 aliphatic heterocycles. The molecule has 0 spiro atoms.